The molecule has 0 aromatic heterocycles. The smallest absolute Gasteiger partial charge is 0.387 e. The molecule has 0 spiro atoms. The highest BCUT2D eigenvalue weighted by Crippen LogP contribution is 2.22. The lowest BCUT2D eigenvalue weighted by Gasteiger charge is -2.25. The Balaban J connectivity index is 2.60. The lowest BCUT2D eigenvalue weighted by molar-refractivity contribution is -0.0521. The van der Waals surface area contributed by atoms with Gasteiger partial charge in [0.2, 0.25) is 0 Å². The zero-order valence-corrected chi connectivity index (χ0v) is 12.3. The fraction of sp³-hybridized carbons (Fsp3) is 0.500. The minimum absolute atomic E-state index is 0.0426. The zero-order valence-electron chi connectivity index (χ0n) is 12.3. The van der Waals surface area contributed by atoms with Crippen LogP contribution in [0.25, 0.3) is 0 Å². The molecule has 0 unspecified atom stereocenters. The van der Waals surface area contributed by atoms with E-state index >= 15 is 0 Å². The molecule has 22 heavy (non-hydrogen) atoms. The van der Waals surface area contributed by atoms with E-state index in [1.54, 1.807) is 13.8 Å². The maximum atomic E-state index is 13.5. The second kappa shape index (κ2) is 7.88. The van der Waals surface area contributed by atoms with Gasteiger partial charge in [-0.1, -0.05) is 13.8 Å². The number of hydrogen-bond donors (Lipinski definition) is 3. The van der Waals surface area contributed by atoms with Crippen molar-refractivity contribution in [3.05, 3.63) is 24.0 Å². The molecule has 0 radical (unpaired) electrons. The number of amides is 2. The van der Waals surface area contributed by atoms with E-state index in [1.807, 2.05) is 0 Å². The van der Waals surface area contributed by atoms with Gasteiger partial charge in [0.25, 0.3) is 0 Å². The van der Waals surface area contributed by atoms with Gasteiger partial charge in [0, 0.05) is 18.3 Å². The summed E-state index contributed by atoms with van der Waals surface area (Å²) in [6.45, 7) is 0.499. The van der Waals surface area contributed by atoms with Crippen molar-refractivity contribution in [3.63, 3.8) is 0 Å². The molecule has 3 N–H and O–H groups in total. The van der Waals surface area contributed by atoms with E-state index in [4.69, 9.17) is 0 Å². The number of carbonyl (C=O) groups excluding carboxylic acids is 1. The Morgan fingerprint density at radius 2 is 2.00 bits per heavy atom. The van der Waals surface area contributed by atoms with Gasteiger partial charge >= 0.3 is 12.6 Å². The van der Waals surface area contributed by atoms with Crippen LogP contribution in [0.1, 0.15) is 26.7 Å². The highest BCUT2D eigenvalue weighted by molar-refractivity contribution is 5.89. The van der Waals surface area contributed by atoms with Crippen molar-refractivity contribution in [1.29, 1.82) is 0 Å². The maximum absolute atomic E-state index is 13.5. The zero-order chi connectivity index (χ0) is 16.8. The third kappa shape index (κ3) is 5.44. The van der Waals surface area contributed by atoms with Crippen molar-refractivity contribution in [2.24, 2.45) is 0 Å². The quantitative estimate of drug-likeness (QED) is 0.723. The minimum atomic E-state index is -3.13. The van der Waals surface area contributed by atoms with E-state index in [2.05, 4.69) is 15.4 Å². The van der Waals surface area contributed by atoms with Crippen LogP contribution >= 0.6 is 0 Å². The van der Waals surface area contributed by atoms with E-state index in [1.165, 1.54) is 6.07 Å². The third-order valence-corrected chi connectivity index (χ3v) is 3.30. The van der Waals surface area contributed by atoms with Gasteiger partial charge in [-0.3, -0.25) is 0 Å². The predicted octanol–water partition coefficient (Wildman–Crippen LogP) is 3.10. The fourth-order valence-electron chi connectivity index (χ4n) is 1.69. The molecule has 0 saturated heterocycles. The van der Waals surface area contributed by atoms with E-state index in [0.29, 0.717) is 12.8 Å². The van der Waals surface area contributed by atoms with Crippen LogP contribution in [-0.4, -0.2) is 29.9 Å². The van der Waals surface area contributed by atoms with Gasteiger partial charge in [0.15, 0.2) is 11.6 Å². The number of hydrogen-bond acceptors (Lipinski definition) is 3. The highest BCUT2D eigenvalue weighted by Gasteiger charge is 2.22. The average Bonchev–Trinajstić information content (AvgIpc) is 2.47. The molecule has 2 amide bonds. The molecule has 124 valence electrons. The van der Waals surface area contributed by atoms with E-state index in [-0.39, 0.29) is 12.2 Å². The molecule has 1 rings (SSSR count). The standard InChI is InChI=1S/C14H19F3N2O3/c1-3-14(21,4-2)8-18-13(20)19-9-5-6-11(10(15)7-9)22-12(16)17/h5-7,12,21H,3-4,8H2,1-2H3,(H2,18,19,20). The normalized spacial score (nSPS) is 11.4. The Labute approximate surface area is 126 Å². The molecular formula is C14H19F3N2O3. The Bertz CT molecular complexity index is 508. The van der Waals surface area contributed by atoms with Crippen LogP contribution in [0, 0.1) is 5.82 Å². The summed E-state index contributed by atoms with van der Waals surface area (Å²) in [5.74, 6) is -1.62. The van der Waals surface area contributed by atoms with Crippen LogP contribution in [0.5, 0.6) is 5.75 Å². The second-order valence-electron chi connectivity index (χ2n) is 4.76. The molecule has 0 fully saturated rings. The van der Waals surface area contributed by atoms with Gasteiger partial charge in [0.05, 0.1) is 5.60 Å². The van der Waals surface area contributed by atoms with Crippen LogP contribution < -0.4 is 15.4 Å². The number of halogens is 3. The number of anilines is 1. The van der Waals surface area contributed by atoms with Crippen molar-refractivity contribution in [2.45, 2.75) is 38.9 Å². The first-order chi connectivity index (χ1) is 10.3. The Morgan fingerprint density at radius 1 is 1.36 bits per heavy atom. The molecule has 0 aliphatic heterocycles. The van der Waals surface area contributed by atoms with Crippen LogP contribution in [0.4, 0.5) is 23.7 Å². The molecule has 1 aromatic carbocycles. The summed E-state index contributed by atoms with van der Waals surface area (Å²) in [6.07, 6.45) is 0.941. The number of aliphatic hydroxyl groups is 1. The largest absolute Gasteiger partial charge is 0.432 e. The summed E-state index contributed by atoms with van der Waals surface area (Å²) < 4.78 is 41.4. The summed E-state index contributed by atoms with van der Waals surface area (Å²) in [7, 11) is 0. The van der Waals surface area contributed by atoms with Crippen molar-refractivity contribution >= 4 is 11.7 Å². The Morgan fingerprint density at radius 3 is 2.50 bits per heavy atom. The summed E-state index contributed by atoms with van der Waals surface area (Å²) in [5.41, 5.74) is -0.925. The molecule has 0 aliphatic carbocycles. The van der Waals surface area contributed by atoms with Gasteiger partial charge in [-0.05, 0) is 25.0 Å². The molecule has 8 heteroatoms. The molecule has 0 saturated carbocycles. The van der Waals surface area contributed by atoms with Crippen LogP contribution in [0.2, 0.25) is 0 Å². The van der Waals surface area contributed by atoms with Gasteiger partial charge < -0.3 is 20.5 Å². The Kier molecular flexibility index (Phi) is 6.48. The van der Waals surface area contributed by atoms with Crippen molar-refractivity contribution < 1.29 is 27.8 Å². The van der Waals surface area contributed by atoms with E-state index < -0.39 is 29.8 Å². The third-order valence-electron chi connectivity index (χ3n) is 3.30. The average molecular weight is 320 g/mol. The summed E-state index contributed by atoms with van der Waals surface area (Å²) in [5, 5.41) is 14.8. The fourth-order valence-corrected chi connectivity index (χ4v) is 1.69. The first-order valence-electron chi connectivity index (χ1n) is 6.81. The van der Waals surface area contributed by atoms with Gasteiger partial charge in [-0.2, -0.15) is 8.78 Å². The molecular weight excluding hydrogens is 301 g/mol. The number of nitrogens with one attached hydrogen (secondary N) is 2. The SMILES string of the molecule is CCC(O)(CC)CNC(=O)Nc1ccc(OC(F)F)c(F)c1. The number of urea groups is 1. The van der Waals surface area contributed by atoms with Crippen molar-refractivity contribution in [3.8, 4) is 5.75 Å². The lowest BCUT2D eigenvalue weighted by atomic mass is 9.98. The Hall–Kier alpha value is -1.96. The number of ether oxygens (including phenoxy) is 1. The van der Waals surface area contributed by atoms with Gasteiger partial charge in [-0.15, -0.1) is 0 Å². The van der Waals surface area contributed by atoms with Gasteiger partial charge in [0.1, 0.15) is 0 Å². The summed E-state index contributed by atoms with van der Waals surface area (Å²) in [4.78, 5) is 11.7. The second-order valence-corrected chi connectivity index (χ2v) is 4.76. The van der Waals surface area contributed by atoms with Gasteiger partial charge in [-0.25, -0.2) is 9.18 Å². The molecule has 0 bridgehead atoms. The summed E-state index contributed by atoms with van der Waals surface area (Å²) in [6, 6.07) is 2.45. The van der Waals surface area contributed by atoms with Crippen LogP contribution in [-0.2, 0) is 0 Å². The van der Waals surface area contributed by atoms with Crippen LogP contribution in [0.3, 0.4) is 0 Å². The maximum Gasteiger partial charge on any atom is 0.387 e. The van der Waals surface area contributed by atoms with E-state index in [9.17, 15) is 23.1 Å². The molecule has 0 heterocycles. The van der Waals surface area contributed by atoms with Crippen LogP contribution in [0.15, 0.2) is 18.2 Å². The number of rotatable bonds is 7. The molecule has 0 atom stereocenters. The minimum Gasteiger partial charge on any atom is -0.432 e. The topological polar surface area (TPSA) is 70.6 Å². The number of benzene rings is 1. The van der Waals surface area contributed by atoms with E-state index in [0.717, 1.165) is 12.1 Å². The monoisotopic (exact) mass is 320 g/mol. The van der Waals surface area contributed by atoms with Crippen molar-refractivity contribution in [1.82, 2.24) is 5.32 Å². The molecule has 1 aromatic rings. The van der Waals surface area contributed by atoms with Crippen molar-refractivity contribution in [2.75, 3.05) is 11.9 Å². The number of carbonyl (C=O) groups is 1. The predicted molar refractivity (Wildman–Crippen MR) is 75.6 cm³/mol. The first kappa shape index (κ1) is 18.1. The summed E-state index contributed by atoms with van der Waals surface area (Å²) >= 11 is 0. The highest BCUT2D eigenvalue weighted by atomic mass is 19.3. The number of alkyl halides is 2. The lowest BCUT2D eigenvalue weighted by Crippen LogP contribution is -2.43. The first-order valence-corrected chi connectivity index (χ1v) is 6.81. The molecule has 5 nitrogen and oxygen atoms in total. The molecule has 0 aliphatic rings.